The normalized spacial score (nSPS) is 11.1. The zero-order valence-electron chi connectivity index (χ0n) is 13.6. The number of nitrogens with one attached hydrogen (secondary N) is 2. The summed E-state index contributed by atoms with van der Waals surface area (Å²) < 4.78 is 38.3. The van der Waals surface area contributed by atoms with Crippen LogP contribution in [0.3, 0.4) is 0 Å². The number of carbonyl (C=O) groups excluding carboxylic acids is 2. The minimum absolute atomic E-state index is 0.179. The summed E-state index contributed by atoms with van der Waals surface area (Å²) in [4.78, 5) is 23.6. The largest absolute Gasteiger partial charge is 0.416 e. The van der Waals surface area contributed by atoms with Crippen molar-refractivity contribution < 1.29 is 22.8 Å². The van der Waals surface area contributed by atoms with Crippen LogP contribution in [0, 0.1) is 0 Å². The lowest BCUT2D eigenvalue weighted by Gasteiger charge is -2.09. The summed E-state index contributed by atoms with van der Waals surface area (Å²) in [7, 11) is 0. The molecule has 0 fully saturated rings. The summed E-state index contributed by atoms with van der Waals surface area (Å²) in [5.74, 6) is -0.738. The van der Waals surface area contributed by atoms with Gasteiger partial charge in [0.1, 0.15) is 0 Å². The molecule has 138 valence electrons. The van der Waals surface area contributed by atoms with Gasteiger partial charge in [0.05, 0.1) is 12.1 Å². The Morgan fingerprint density at radius 1 is 0.923 bits per heavy atom. The van der Waals surface area contributed by atoms with Gasteiger partial charge in [0.25, 0.3) is 5.91 Å². The Morgan fingerprint density at radius 2 is 1.54 bits per heavy atom. The van der Waals surface area contributed by atoms with E-state index in [-0.39, 0.29) is 24.9 Å². The van der Waals surface area contributed by atoms with Crippen molar-refractivity contribution >= 4 is 27.7 Å². The van der Waals surface area contributed by atoms with Crippen LogP contribution in [0.2, 0.25) is 0 Å². The molecule has 2 rings (SSSR count). The lowest BCUT2D eigenvalue weighted by atomic mass is 10.1. The van der Waals surface area contributed by atoms with Crippen molar-refractivity contribution in [2.75, 3.05) is 13.1 Å². The van der Waals surface area contributed by atoms with Crippen LogP contribution in [0.4, 0.5) is 13.2 Å². The summed E-state index contributed by atoms with van der Waals surface area (Å²) in [6.07, 6.45) is -3.97. The molecule has 26 heavy (non-hydrogen) atoms. The first-order valence-electron chi connectivity index (χ1n) is 7.72. The Morgan fingerprint density at radius 3 is 2.12 bits per heavy atom. The molecule has 0 aromatic heterocycles. The van der Waals surface area contributed by atoms with Gasteiger partial charge in [-0.1, -0.05) is 28.1 Å². The van der Waals surface area contributed by atoms with E-state index in [1.54, 1.807) is 24.3 Å². The Labute approximate surface area is 156 Å². The molecular formula is C18H16BrF3N2O2. The van der Waals surface area contributed by atoms with Gasteiger partial charge in [-0.25, -0.2) is 0 Å². The third-order valence-corrected chi connectivity index (χ3v) is 4.06. The summed E-state index contributed by atoms with van der Waals surface area (Å²) >= 11 is 3.27. The van der Waals surface area contributed by atoms with Crippen LogP contribution in [0.25, 0.3) is 0 Å². The van der Waals surface area contributed by atoms with Gasteiger partial charge < -0.3 is 10.6 Å². The van der Waals surface area contributed by atoms with E-state index in [1.165, 1.54) is 12.1 Å². The van der Waals surface area contributed by atoms with Crippen LogP contribution < -0.4 is 10.6 Å². The molecule has 0 aliphatic carbocycles. The molecule has 2 aromatic carbocycles. The average Bonchev–Trinajstić information content (AvgIpc) is 2.60. The molecule has 2 amide bonds. The van der Waals surface area contributed by atoms with Gasteiger partial charge in [-0.15, -0.1) is 0 Å². The van der Waals surface area contributed by atoms with Crippen molar-refractivity contribution in [2.45, 2.75) is 12.6 Å². The van der Waals surface area contributed by atoms with E-state index in [0.29, 0.717) is 17.5 Å². The SMILES string of the molecule is O=C(CNC(=O)c1ccc(Br)cc1)NCCc1ccc(C(F)(F)F)cc1. The van der Waals surface area contributed by atoms with E-state index in [1.807, 2.05) is 0 Å². The van der Waals surface area contributed by atoms with Crippen molar-refractivity contribution in [3.8, 4) is 0 Å². The van der Waals surface area contributed by atoms with Crippen LogP contribution in [-0.4, -0.2) is 24.9 Å². The fraction of sp³-hybridized carbons (Fsp3) is 0.222. The highest BCUT2D eigenvalue weighted by molar-refractivity contribution is 9.10. The Balaban J connectivity index is 1.72. The van der Waals surface area contributed by atoms with E-state index in [4.69, 9.17) is 0 Å². The van der Waals surface area contributed by atoms with E-state index < -0.39 is 11.7 Å². The molecule has 0 atom stereocenters. The summed E-state index contributed by atoms with van der Waals surface area (Å²) in [5, 5.41) is 5.11. The van der Waals surface area contributed by atoms with Crippen LogP contribution in [0.5, 0.6) is 0 Å². The van der Waals surface area contributed by atoms with Gasteiger partial charge in [0.15, 0.2) is 0 Å². The van der Waals surface area contributed by atoms with Crippen molar-refractivity contribution in [2.24, 2.45) is 0 Å². The molecule has 0 unspecified atom stereocenters. The molecule has 0 spiro atoms. The second-order valence-electron chi connectivity index (χ2n) is 5.48. The molecule has 0 radical (unpaired) electrons. The van der Waals surface area contributed by atoms with Gasteiger partial charge in [-0.2, -0.15) is 13.2 Å². The molecule has 0 aliphatic rings. The average molecular weight is 429 g/mol. The second-order valence-corrected chi connectivity index (χ2v) is 6.40. The molecule has 0 bridgehead atoms. The van der Waals surface area contributed by atoms with Gasteiger partial charge in [-0.05, 0) is 48.4 Å². The molecule has 4 nitrogen and oxygen atoms in total. The third-order valence-electron chi connectivity index (χ3n) is 3.53. The van der Waals surface area contributed by atoms with E-state index >= 15 is 0 Å². The molecule has 2 N–H and O–H groups in total. The molecular weight excluding hydrogens is 413 g/mol. The maximum atomic E-state index is 12.5. The number of benzene rings is 2. The number of hydrogen-bond donors (Lipinski definition) is 2. The van der Waals surface area contributed by atoms with Gasteiger partial charge in [0, 0.05) is 16.6 Å². The molecule has 0 saturated carbocycles. The smallest absolute Gasteiger partial charge is 0.354 e. The standard InChI is InChI=1S/C18H16BrF3N2O2/c19-15-7-3-13(4-8-15)17(26)24-11-16(25)23-10-9-12-1-5-14(6-2-12)18(20,21)22/h1-8H,9-11H2,(H,23,25)(H,24,26). The molecule has 0 saturated heterocycles. The van der Waals surface area contributed by atoms with Crippen LogP contribution in [-0.2, 0) is 17.4 Å². The van der Waals surface area contributed by atoms with Crippen molar-refractivity contribution in [1.82, 2.24) is 10.6 Å². The molecule has 2 aromatic rings. The van der Waals surface area contributed by atoms with Crippen molar-refractivity contribution in [3.63, 3.8) is 0 Å². The minimum atomic E-state index is -4.36. The second kappa shape index (κ2) is 8.84. The number of amides is 2. The lowest BCUT2D eigenvalue weighted by Crippen LogP contribution is -2.37. The first kappa shape index (κ1) is 20.0. The first-order chi connectivity index (χ1) is 12.3. The number of hydrogen-bond acceptors (Lipinski definition) is 2. The predicted octanol–water partition coefficient (Wildman–Crippen LogP) is 3.56. The zero-order valence-corrected chi connectivity index (χ0v) is 15.2. The van der Waals surface area contributed by atoms with Crippen molar-refractivity contribution in [3.05, 3.63) is 69.7 Å². The van der Waals surface area contributed by atoms with Gasteiger partial charge in [-0.3, -0.25) is 9.59 Å². The minimum Gasteiger partial charge on any atom is -0.354 e. The highest BCUT2D eigenvalue weighted by Crippen LogP contribution is 2.29. The number of halogens is 4. The fourth-order valence-electron chi connectivity index (χ4n) is 2.13. The first-order valence-corrected chi connectivity index (χ1v) is 8.51. The van der Waals surface area contributed by atoms with E-state index in [2.05, 4.69) is 26.6 Å². The quantitative estimate of drug-likeness (QED) is 0.738. The molecule has 0 aliphatic heterocycles. The Kier molecular flexibility index (Phi) is 6.79. The fourth-order valence-corrected chi connectivity index (χ4v) is 2.40. The maximum absolute atomic E-state index is 12.5. The number of carbonyl (C=O) groups is 2. The van der Waals surface area contributed by atoms with Gasteiger partial charge in [0.2, 0.25) is 5.91 Å². The summed E-state index contributed by atoms with van der Waals surface area (Å²) in [6.45, 7) is 0.0836. The van der Waals surface area contributed by atoms with Crippen molar-refractivity contribution in [1.29, 1.82) is 0 Å². The highest BCUT2D eigenvalue weighted by atomic mass is 79.9. The maximum Gasteiger partial charge on any atom is 0.416 e. The van der Waals surface area contributed by atoms with Crippen LogP contribution >= 0.6 is 15.9 Å². The van der Waals surface area contributed by atoms with Crippen LogP contribution in [0.15, 0.2) is 53.0 Å². The lowest BCUT2D eigenvalue weighted by molar-refractivity contribution is -0.137. The number of alkyl halides is 3. The topological polar surface area (TPSA) is 58.2 Å². The predicted molar refractivity (Wildman–Crippen MR) is 94.6 cm³/mol. The highest BCUT2D eigenvalue weighted by Gasteiger charge is 2.29. The Bertz CT molecular complexity index is 760. The van der Waals surface area contributed by atoms with Gasteiger partial charge >= 0.3 is 6.18 Å². The Hall–Kier alpha value is -2.35. The third kappa shape index (κ3) is 6.18. The summed E-state index contributed by atoms with van der Waals surface area (Å²) in [5.41, 5.74) is 0.406. The molecule has 0 heterocycles. The van der Waals surface area contributed by atoms with Crippen LogP contribution in [0.1, 0.15) is 21.5 Å². The zero-order chi connectivity index (χ0) is 19.2. The summed E-state index contributed by atoms with van der Waals surface area (Å²) in [6, 6.07) is 11.5. The number of rotatable bonds is 6. The van der Waals surface area contributed by atoms with E-state index in [0.717, 1.165) is 16.6 Å². The van der Waals surface area contributed by atoms with E-state index in [9.17, 15) is 22.8 Å². The molecule has 8 heteroatoms. The monoisotopic (exact) mass is 428 g/mol.